The number of carbonyl (C=O) groups excluding carboxylic acids is 1. The summed E-state index contributed by atoms with van der Waals surface area (Å²) in [5.41, 5.74) is 11.1. The predicted octanol–water partition coefficient (Wildman–Crippen LogP) is 4.00. The van der Waals surface area contributed by atoms with Crippen molar-refractivity contribution in [3.05, 3.63) is 112 Å². The second-order valence-corrected chi connectivity index (χ2v) is 8.18. The Morgan fingerprint density at radius 3 is 2.54 bits per heavy atom. The molecule has 0 saturated heterocycles. The van der Waals surface area contributed by atoms with Crippen molar-refractivity contribution in [1.29, 1.82) is 0 Å². The van der Waals surface area contributed by atoms with Gasteiger partial charge in [0.15, 0.2) is 5.82 Å². The highest BCUT2D eigenvalue weighted by atomic mass is 16.2. The molecule has 3 N–H and O–H groups in total. The highest BCUT2D eigenvalue weighted by Gasteiger charge is 2.16. The van der Waals surface area contributed by atoms with Crippen molar-refractivity contribution in [2.24, 2.45) is 0 Å². The van der Waals surface area contributed by atoms with E-state index in [2.05, 4.69) is 22.3 Å². The van der Waals surface area contributed by atoms with Gasteiger partial charge < -0.3 is 15.6 Å². The molecule has 3 heterocycles. The van der Waals surface area contributed by atoms with Gasteiger partial charge in [0.1, 0.15) is 17.4 Å². The van der Waals surface area contributed by atoms with Gasteiger partial charge in [0, 0.05) is 23.1 Å². The zero-order valence-corrected chi connectivity index (χ0v) is 19.2. The van der Waals surface area contributed by atoms with Gasteiger partial charge in [-0.05, 0) is 47.9 Å². The molecular formula is C27H24N6O2. The highest BCUT2D eigenvalue weighted by molar-refractivity contribution is 6.04. The molecule has 3 aromatic heterocycles. The summed E-state index contributed by atoms with van der Waals surface area (Å²) >= 11 is 0. The van der Waals surface area contributed by atoms with Crippen molar-refractivity contribution in [3.8, 4) is 11.1 Å². The van der Waals surface area contributed by atoms with Gasteiger partial charge in [0.05, 0.1) is 6.54 Å². The van der Waals surface area contributed by atoms with Gasteiger partial charge in [-0.3, -0.25) is 9.59 Å². The minimum atomic E-state index is -0.453. The molecule has 5 rings (SSSR count). The monoisotopic (exact) mass is 464 g/mol. The van der Waals surface area contributed by atoms with Crippen LogP contribution in [0.15, 0.2) is 90.1 Å². The van der Waals surface area contributed by atoms with Gasteiger partial charge in [-0.15, -0.1) is 0 Å². The van der Waals surface area contributed by atoms with Crippen molar-refractivity contribution in [2.75, 3.05) is 11.1 Å². The Labute approximate surface area is 201 Å². The number of benzene rings is 2. The van der Waals surface area contributed by atoms with Crippen LogP contribution in [0.25, 0.3) is 16.6 Å². The number of hydrogen-bond donors (Lipinski definition) is 2. The quantitative estimate of drug-likeness (QED) is 0.395. The van der Waals surface area contributed by atoms with E-state index in [0.717, 1.165) is 34.3 Å². The Hall–Kier alpha value is -4.72. The number of aromatic nitrogens is 4. The number of hydrogen-bond acceptors (Lipinski definition) is 5. The topological polar surface area (TPSA) is 107 Å². The smallest absolute Gasteiger partial charge is 0.263 e. The van der Waals surface area contributed by atoms with Crippen LogP contribution in [0.1, 0.15) is 28.5 Å². The molecule has 0 atom stereocenters. The summed E-state index contributed by atoms with van der Waals surface area (Å²) in [5.74, 6) is -0.0478. The molecule has 0 aliphatic rings. The Morgan fingerprint density at radius 2 is 1.80 bits per heavy atom. The molecule has 0 aliphatic heterocycles. The lowest BCUT2D eigenvalue weighted by molar-refractivity contribution is 0.102. The van der Waals surface area contributed by atoms with Crippen LogP contribution >= 0.6 is 0 Å². The molecule has 1 amide bonds. The first-order chi connectivity index (χ1) is 17.0. The summed E-state index contributed by atoms with van der Waals surface area (Å²) in [6, 6.07) is 22.3. The Morgan fingerprint density at radius 1 is 1.03 bits per heavy atom. The molecule has 8 nitrogen and oxygen atoms in total. The number of pyridine rings is 1. The fourth-order valence-corrected chi connectivity index (χ4v) is 4.15. The van der Waals surface area contributed by atoms with Crippen LogP contribution in [0, 0.1) is 0 Å². The number of nitrogens with one attached hydrogen (secondary N) is 1. The SMILES string of the molecule is CCc1cc(-c2ccc(NC(=O)c3cccn(Cc4ccccc4)c3=O)cc2)c2c(N)ncnn12. The van der Waals surface area contributed by atoms with Gasteiger partial charge in [-0.25, -0.2) is 9.50 Å². The van der Waals surface area contributed by atoms with E-state index >= 15 is 0 Å². The number of rotatable bonds is 6. The number of nitrogens with zero attached hydrogens (tertiary/aromatic N) is 4. The lowest BCUT2D eigenvalue weighted by atomic mass is 10.1. The fourth-order valence-electron chi connectivity index (χ4n) is 4.15. The summed E-state index contributed by atoms with van der Waals surface area (Å²) in [7, 11) is 0. The van der Waals surface area contributed by atoms with Gasteiger partial charge in [-0.2, -0.15) is 5.10 Å². The van der Waals surface area contributed by atoms with Crippen LogP contribution in [0.5, 0.6) is 0 Å². The number of aryl methyl sites for hydroxylation is 1. The molecule has 0 saturated carbocycles. The van der Waals surface area contributed by atoms with E-state index in [9.17, 15) is 9.59 Å². The molecule has 0 fully saturated rings. The maximum Gasteiger partial charge on any atom is 0.263 e. The highest BCUT2D eigenvalue weighted by Crippen LogP contribution is 2.31. The summed E-state index contributed by atoms with van der Waals surface area (Å²) in [4.78, 5) is 29.9. The zero-order valence-electron chi connectivity index (χ0n) is 19.2. The average Bonchev–Trinajstić information content (AvgIpc) is 3.26. The second kappa shape index (κ2) is 9.26. The zero-order chi connectivity index (χ0) is 24.4. The molecule has 0 aliphatic carbocycles. The van der Waals surface area contributed by atoms with E-state index in [1.54, 1.807) is 24.4 Å². The number of nitrogens with two attached hydrogens (primary N) is 1. The Bertz CT molecular complexity index is 1570. The van der Waals surface area contributed by atoms with E-state index in [-0.39, 0.29) is 11.1 Å². The van der Waals surface area contributed by atoms with E-state index < -0.39 is 5.91 Å². The minimum absolute atomic E-state index is 0.0865. The van der Waals surface area contributed by atoms with Crippen molar-refractivity contribution >= 4 is 22.9 Å². The van der Waals surface area contributed by atoms with Crippen LogP contribution in [-0.2, 0) is 13.0 Å². The van der Waals surface area contributed by atoms with Crippen LogP contribution in [-0.4, -0.2) is 25.1 Å². The number of fused-ring (bicyclic) bond motifs is 1. The van der Waals surface area contributed by atoms with Crippen molar-refractivity contribution in [1.82, 2.24) is 19.2 Å². The Balaban J connectivity index is 1.38. The number of carbonyl (C=O) groups is 1. The molecule has 0 spiro atoms. The number of anilines is 2. The number of nitrogen functional groups attached to an aromatic ring is 1. The normalized spacial score (nSPS) is 11.0. The van der Waals surface area contributed by atoms with Crippen molar-refractivity contribution in [2.45, 2.75) is 19.9 Å². The van der Waals surface area contributed by atoms with Crippen molar-refractivity contribution < 1.29 is 4.79 Å². The van der Waals surface area contributed by atoms with Gasteiger partial charge in [0.2, 0.25) is 0 Å². The maximum atomic E-state index is 12.9. The first-order valence-corrected chi connectivity index (χ1v) is 11.3. The fraction of sp³-hybridized carbons (Fsp3) is 0.111. The molecule has 0 unspecified atom stereocenters. The molecule has 0 radical (unpaired) electrons. The summed E-state index contributed by atoms with van der Waals surface area (Å²) in [6.07, 6.45) is 3.93. The summed E-state index contributed by atoms with van der Waals surface area (Å²) in [6.45, 7) is 2.45. The first-order valence-electron chi connectivity index (χ1n) is 11.3. The number of amides is 1. The van der Waals surface area contributed by atoms with Gasteiger partial charge >= 0.3 is 0 Å². The lowest BCUT2D eigenvalue weighted by Crippen LogP contribution is -2.29. The van der Waals surface area contributed by atoms with Crippen LogP contribution in [0.3, 0.4) is 0 Å². The molecule has 8 heteroatoms. The molecule has 5 aromatic rings. The minimum Gasteiger partial charge on any atom is -0.382 e. The van der Waals surface area contributed by atoms with Gasteiger partial charge in [-0.1, -0.05) is 49.4 Å². The molecule has 2 aromatic carbocycles. The lowest BCUT2D eigenvalue weighted by Gasteiger charge is -2.10. The van der Waals surface area contributed by atoms with E-state index in [4.69, 9.17) is 5.73 Å². The largest absolute Gasteiger partial charge is 0.382 e. The summed E-state index contributed by atoms with van der Waals surface area (Å²) < 4.78 is 3.34. The average molecular weight is 465 g/mol. The van der Waals surface area contributed by atoms with E-state index in [1.807, 2.05) is 53.0 Å². The maximum absolute atomic E-state index is 12.9. The first kappa shape index (κ1) is 22.1. The van der Waals surface area contributed by atoms with Gasteiger partial charge in [0.25, 0.3) is 11.5 Å². The standard InChI is InChI=1S/C27H24N6O2/c1-2-21-15-23(24-25(28)29-17-30-33(21)24)19-10-12-20(13-11-19)31-26(34)22-9-6-14-32(27(22)35)16-18-7-4-3-5-8-18/h3-15,17H,2,16H2,1H3,(H,31,34)(H2,28,29,30). The van der Waals surface area contributed by atoms with Crippen LogP contribution in [0.2, 0.25) is 0 Å². The third kappa shape index (κ3) is 4.29. The van der Waals surface area contributed by atoms with E-state index in [0.29, 0.717) is 18.1 Å². The van der Waals surface area contributed by atoms with Crippen LogP contribution in [0.4, 0.5) is 11.5 Å². The van der Waals surface area contributed by atoms with Crippen molar-refractivity contribution in [3.63, 3.8) is 0 Å². The Kier molecular flexibility index (Phi) is 5.85. The molecular weight excluding hydrogens is 440 g/mol. The molecule has 35 heavy (non-hydrogen) atoms. The third-order valence-electron chi connectivity index (χ3n) is 5.93. The van der Waals surface area contributed by atoms with Crippen LogP contribution < -0.4 is 16.6 Å². The third-order valence-corrected chi connectivity index (χ3v) is 5.93. The summed E-state index contributed by atoms with van der Waals surface area (Å²) in [5, 5.41) is 7.15. The second-order valence-electron chi connectivity index (χ2n) is 8.18. The van der Waals surface area contributed by atoms with E-state index in [1.165, 1.54) is 17.0 Å². The predicted molar refractivity (Wildman–Crippen MR) is 136 cm³/mol. The molecule has 174 valence electrons. The molecule has 0 bridgehead atoms.